The number of piperidine rings is 1. The molecule has 2 aliphatic rings. The second-order valence-corrected chi connectivity index (χ2v) is 7.59. The van der Waals surface area contributed by atoms with Gasteiger partial charge in [-0.05, 0) is 60.6 Å². The Kier molecular flexibility index (Phi) is 3.39. The van der Waals surface area contributed by atoms with E-state index in [-0.39, 0.29) is 11.7 Å². The van der Waals surface area contributed by atoms with Gasteiger partial charge in [-0.1, -0.05) is 6.07 Å². The fraction of sp³-hybridized carbons (Fsp3) is 0.333. The van der Waals surface area contributed by atoms with Crippen molar-refractivity contribution in [3.8, 4) is 11.1 Å². The smallest absolute Gasteiger partial charge is 0.242 e. The summed E-state index contributed by atoms with van der Waals surface area (Å²) in [6.45, 7) is 3.94. The van der Waals surface area contributed by atoms with E-state index >= 15 is 0 Å². The number of amides is 1. The molecule has 1 saturated heterocycles. The molecule has 5 heteroatoms. The van der Waals surface area contributed by atoms with E-state index in [2.05, 4.69) is 4.98 Å². The van der Waals surface area contributed by atoms with Crippen molar-refractivity contribution in [3.05, 3.63) is 54.1 Å². The molecule has 2 aromatic heterocycles. The Bertz CT molecular complexity index is 1020. The van der Waals surface area contributed by atoms with Gasteiger partial charge >= 0.3 is 0 Å². The molecule has 0 bridgehead atoms. The van der Waals surface area contributed by atoms with Gasteiger partial charge in [-0.3, -0.25) is 9.78 Å². The second-order valence-electron chi connectivity index (χ2n) is 7.59. The molecular weight excluding hydrogens is 329 g/mol. The Labute approximate surface area is 151 Å². The molecule has 4 nitrogen and oxygen atoms in total. The summed E-state index contributed by atoms with van der Waals surface area (Å²) in [6, 6.07) is 9.04. The molecule has 3 aromatic rings. The highest BCUT2D eigenvalue weighted by molar-refractivity contribution is 5.84. The van der Waals surface area contributed by atoms with E-state index in [1.54, 1.807) is 19.2 Å². The molecule has 0 N–H and O–H groups in total. The molecule has 1 aliphatic carbocycles. The summed E-state index contributed by atoms with van der Waals surface area (Å²) in [4.78, 5) is 19.1. The molecule has 2 unspecified atom stereocenters. The highest BCUT2D eigenvalue weighted by atomic mass is 19.1. The first-order valence-corrected chi connectivity index (χ1v) is 9.07. The van der Waals surface area contributed by atoms with Crippen LogP contribution in [0.2, 0.25) is 0 Å². The fourth-order valence-electron chi connectivity index (χ4n) is 4.03. The highest BCUT2D eigenvalue weighted by Crippen LogP contribution is 2.44. The number of hydrogen-bond acceptors (Lipinski definition) is 2. The van der Waals surface area contributed by atoms with Crippen LogP contribution in [0.1, 0.15) is 12.0 Å². The molecule has 26 heavy (non-hydrogen) atoms. The Balaban J connectivity index is 1.45. The number of carbonyl (C=O) groups excluding carboxylic acids is 1. The number of benzene rings is 1. The van der Waals surface area contributed by atoms with Gasteiger partial charge in [0.15, 0.2) is 0 Å². The Morgan fingerprint density at radius 3 is 2.77 bits per heavy atom. The monoisotopic (exact) mass is 349 g/mol. The maximum atomic E-state index is 13.5. The van der Waals surface area contributed by atoms with Crippen LogP contribution in [-0.4, -0.2) is 33.4 Å². The van der Waals surface area contributed by atoms with Gasteiger partial charge in [-0.25, -0.2) is 4.39 Å². The molecule has 1 amide bonds. The number of fused-ring (bicyclic) bond motifs is 2. The molecule has 132 valence electrons. The predicted octanol–water partition coefficient (Wildman–Crippen LogP) is 3.63. The van der Waals surface area contributed by atoms with Crippen molar-refractivity contribution in [2.75, 3.05) is 13.1 Å². The van der Waals surface area contributed by atoms with Crippen molar-refractivity contribution in [2.45, 2.75) is 19.9 Å². The van der Waals surface area contributed by atoms with Crippen LogP contribution in [0, 0.1) is 24.6 Å². The molecule has 3 heterocycles. The standard InChI is InChI=1S/C21H20FN3O/c1-13-6-14(2-3-18(13)22)15-8-20-19(23-9-15)4-5-24(20)12-21(26)25-10-16-7-17(16)11-25/h2-6,8-9,16-17H,7,10-12H2,1H3. The van der Waals surface area contributed by atoms with Crippen LogP contribution >= 0.6 is 0 Å². The number of aryl methyl sites for hydroxylation is 1. The molecule has 0 spiro atoms. The minimum atomic E-state index is -0.208. The second kappa shape index (κ2) is 5.66. The maximum Gasteiger partial charge on any atom is 0.242 e. The number of pyridine rings is 1. The number of carbonyl (C=O) groups is 1. The zero-order valence-corrected chi connectivity index (χ0v) is 14.7. The van der Waals surface area contributed by atoms with Gasteiger partial charge < -0.3 is 9.47 Å². The van der Waals surface area contributed by atoms with Crippen LogP contribution in [-0.2, 0) is 11.3 Å². The van der Waals surface area contributed by atoms with Crippen LogP contribution in [0.15, 0.2) is 42.7 Å². The van der Waals surface area contributed by atoms with Crippen LogP contribution in [0.25, 0.3) is 22.2 Å². The Hall–Kier alpha value is -2.69. The van der Waals surface area contributed by atoms with E-state index in [0.717, 1.165) is 47.1 Å². The summed E-state index contributed by atoms with van der Waals surface area (Å²) in [6.07, 6.45) is 5.02. The minimum Gasteiger partial charge on any atom is -0.341 e. The van der Waals surface area contributed by atoms with Gasteiger partial charge in [-0.15, -0.1) is 0 Å². The average molecular weight is 349 g/mol. The fourth-order valence-corrected chi connectivity index (χ4v) is 4.03. The SMILES string of the molecule is Cc1cc(-c2cnc3ccn(CC(=O)N4CC5CC5C4)c3c2)ccc1F. The van der Waals surface area contributed by atoms with E-state index in [0.29, 0.717) is 12.1 Å². The molecule has 2 atom stereocenters. The molecular formula is C21H20FN3O. The number of likely N-dealkylation sites (tertiary alicyclic amines) is 1. The van der Waals surface area contributed by atoms with Gasteiger partial charge in [0, 0.05) is 31.0 Å². The van der Waals surface area contributed by atoms with Gasteiger partial charge in [0.1, 0.15) is 12.4 Å². The molecule has 2 fully saturated rings. The van der Waals surface area contributed by atoms with Gasteiger partial charge in [0.2, 0.25) is 5.91 Å². The average Bonchev–Trinajstić information content (AvgIpc) is 3.06. The first-order chi connectivity index (χ1) is 12.6. The van der Waals surface area contributed by atoms with Crippen molar-refractivity contribution >= 4 is 16.9 Å². The van der Waals surface area contributed by atoms with Crippen molar-refractivity contribution < 1.29 is 9.18 Å². The third-order valence-corrected chi connectivity index (χ3v) is 5.75. The van der Waals surface area contributed by atoms with Gasteiger partial charge in [0.25, 0.3) is 0 Å². The lowest BCUT2D eigenvalue weighted by Crippen LogP contribution is -2.33. The highest BCUT2D eigenvalue weighted by Gasteiger charge is 2.46. The van der Waals surface area contributed by atoms with Crippen molar-refractivity contribution in [1.82, 2.24) is 14.5 Å². The van der Waals surface area contributed by atoms with Crippen LogP contribution in [0.4, 0.5) is 4.39 Å². The lowest BCUT2D eigenvalue weighted by Gasteiger charge is -2.18. The Morgan fingerprint density at radius 2 is 2.00 bits per heavy atom. The molecule has 1 aliphatic heterocycles. The minimum absolute atomic E-state index is 0.178. The molecule has 1 saturated carbocycles. The van der Waals surface area contributed by atoms with E-state index in [9.17, 15) is 9.18 Å². The van der Waals surface area contributed by atoms with Crippen LogP contribution in [0.5, 0.6) is 0 Å². The summed E-state index contributed by atoms with van der Waals surface area (Å²) in [5.41, 5.74) is 4.26. The summed E-state index contributed by atoms with van der Waals surface area (Å²) in [5.74, 6) is 1.46. The van der Waals surface area contributed by atoms with E-state index in [1.807, 2.05) is 33.9 Å². The topological polar surface area (TPSA) is 38.1 Å². The van der Waals surface area contributed by atoms with Crippen LogP contribution < -0.4 is 0 Å². The molecule has 0 radical (unpaired) electrons. The predicted molar refractivity (Wildman–Crippen MR) is 98.0 cm³/mol. The van der Waals surface area contributed by atoms with Crippen LogP contribution in [0.3, 0.4) is 0 Å². The van der Waals surface area contributed by atoms with Crippen molar-refractivity contribution in [1.29, 1.82) is 0 Å². The Morgan fingerprint density at radius 1 is 1.19 bits per heavy atom. The first kappa shape index (κ1) is 15.6. The first-order valence-electron chi connectivity index (χ1n) is 9.07. The third kappa shape index (κ3) is 2.59. The lowest BCUT2D eigenvalue weighted by molar-refractivity contribution is -0.131. The van der Waals surface area contributed by atoms with E-state index in [4.69, 9.17) is 0 Å². The quantitative estimate of drug-likeness (QED) is 0.724. The maximum absolute atomic E-state index is 13.5. The summed E-state index contributed by atoms with van der Waals surface area (Å²) in [5, 5.41) is 0. The summed E-state index contributed by atoms with van der Waals surface area (Å²) >= 11 is 0. The normalized spacial score (nSPS) is 21.2. The zero-order valence-electron chi connectivity index (χ0n) is 14.7. The summed E-state index contributed by atoms with van der Waals surface area (Å²) < 4.78 is 15.5. The van der Waals surface area contributed by atoms with Gasteiger partial charge in [-0.2, -0.15) is 0 Å². The number of hydrogen-bond donors (Lipinski definition) is 0. The van der Waals surface area contributed by atoms with Gasteiger partial charge in [0.05, 0.1) is 11.0 Å². The number of rotatable bonds is 3. The number of aromatic nitrogens is 2. The number of nitrogens with zero attached hydrogens (tertiary/aromatic N) is 3. The largest absolute Gasteiger partial charge is 0.341 e. The van der Waals surface area contributed by atoms with E-state index in [1.165, 1.54) is 12.5 Å². The van der Waals surface area contributed by atoms with Crippen molar-refractivity contribution in [2.24, 2.45) is 11.8 Å². The molecule has 5 rings (SSSR count). The van der Waals surface area contributed by atoms with Crippen molar-refractivity contribution in [3.63, 3.8) is 0 Å². The molecule has 1 aromatic carbocycles. The third-order valence-electron chi connectivity index (χ3n) is 5.75. The van der Waals surface area contributed by atoms with E-state index < -0.39 is 0 Å². The summed E-state index contributed by atoms with van der Waals surface area (Å²) in [7, 11) is 0. The zero-order chi connectivity index (χ0) is 17.8. The lowest BCUT2D eigenvalue weighted by atomic mass is 10.0. The number of halogens is 1.